The van der Waals surface area contributed by atoms with Crippen LogP contribution in [0.25, 0.3) is 0 Å². The molecule has 2 N–H and O–H groups in total. The Labute approximate surface area is 92.1 Å². The van der Waals surface area contributed by atoms with Crippen molar-refractivity contribution in [1.82, 2.24) is 0 Å². The zero-order chi connectivity index (χ0) is 11.0. The lowest BCUT2D eigenvalue weighted by atomic mass is 9.96. The van der Waals surface area contributed by atoms with E-state index in [1.54, 1.807) is 0 Å². The summed E-state index contributed by atoms with van der Waals surface area (Å²) in [6.07, 6.45) is 2.98. The predicted molar refractivity (Wildman–Crippen MR) is 58.9 cm³/mol. The lowest BCUT2D eigenvalue weighted by molar-refractivity contribution is -0.125. The highest BCUT2D eigenvalue weighted by molar-refractivity contribution is 4.84. The van der Waals surface area contributed by atoms with Gasteiger partial charge in [0.1, 0.15) is 5.60 Å². The van der Waals surface area contributed by atoms with Crippen LogP contribution >= 0.6 is 0 Å². The van der Waals surface area contributed by atoms with E-state index in [9.17, 15) is 0 Å². The third-order valence-corrected chi connectivity index (χ3v) is 2.70. The van der Waals surface area contributed by atoms with Gasteiger partial charge in [0, 0.05) is 33.0 Å². The summed E-state index contributed by atoms with van der Waals surface area (Å²) in [7, 11) is 0. The molecular weight excluding hydrogens is 194 g/mol. The van der Waals surface area contributed by atoms with E-state index < -0.39 is 0 Å². The van der Waals surface area contributed by atoms with E-state index in [2.05, 4.69) is 0 Å². The molecule has 1 heterocycles. The molecule has 4 heteroatoms. The van der Waals surface area contributed by atoms with Crippen molar-refractivity contribution in [3.05, 3.63) is 0 Å². The minimum Gasteiger partial charge on any atom is -0.382 e. The van der Waals surface area contributed by atoms with Crippen LogP contribution in [-0.2, 0) is 14.2 Å². The summed E-state index contributed by atoms with van der Waals surface area (Å²) < 4.78 is 16.5. The summed E-state index contributed by atoms with van der Waals surface area (Å²) in [5, 5.41) is 0. The topological polar surface area (TPSA) is 53.7 Å². The van der Waals surface area contributed by atoms with Crippen molar-refractivity contribution in [2.75, 3.05) is 39.6 Å². The smallest absolute Gasteiger partial charge is 0.104 e. The van der Waals surface area contributed by atoms with Crippen LogP contribution in [0.5, 0.6) is 0 Å². The summed E-state index contributed by atoms with van der Waals surface area (Å²) in [4.78, 5) is 0. The van der Waals surface area contributed by atoms with Crippen LogP contribution in [0.3, 0.4) is 0 Å². The van der Waals surface area contributed by atoms with Crippen LogP contribution in [-0.4, -0.2) is 45.2 Å². The molecule has 4 nitrogen and oxygen atoms in total. The molecule has 0 radical (unpaired) electrons. The van der Waals surface area contributed by atoms with E-state index in [1.807, 2.05) is 6.92 Å². The maximum Gasteiger partial charge on any atom is 0.104 e. The number of hydrogen-bond acceptors (Lipinski definition) is 4. The Hall–Kier alpha value is -0.160. The molecule has 1 aliphatic heterocycles. The molecule has 1 saturated heterocycles. The summed E-state index contributed by atoms with van der Waals surface area (Å²) in [5.74, 6) is 0. The number of nitrogens with two attached hydrogens (primary N) is 1. The fourth-order valence-corrected chi connectivity index (χ4v) is 1.75. The first-order chi connectivity index (χ1) is 7.33. The van der Waals surface area contributed by atoms with Crippen molar-refractivity contribution in [3.8, 4) is 0 Å². The van der Waals surface area contributed by atoms with Crippen molar-refractivity contribution < 1.29 is 14.2 Å². The third-order valence-electron chi connectivity index (χ3n) is 2.70. The third kappa shape index (κ3) is 4.47. The van der Waals surface area contributed by atoms with Gasteiger partial charge in [-0.25, -0.2) is 0 Å². The van der Waals surface area contributed by atoms with E-state index in [-0.39, 0.29) is 5.60 Å². The van der Waals surface area contributed by atoms with Crippen LogP contribution in [0.1, 0.15) is 26.2 Å². The zero-order valence-corrected chi connectivity index (χ0v) is 9.67. The molecule has 0 amide bonds. The van der Waals surface area contributed by atoms with Crippen LogP contribution < -0.4 is 5.73 Å². The Morgan fingerprint density at radius 1 is 1.40 bits per heavy atom. The van der Waals surface area contributed by atoms with Gasteiger partial charge < -0.3 is 19.9 Å². The first-order valence-electron chi connectivity index (χ1n) is 5.82. The molecular formula is C11H23NO3. The quantitative estimate of drug-likeness (QED) is 0.645. The fraction of sp³-hybridized carbons (Fsp3) is 1.00. The van der Waals surface area contributed by atoms with Crippen molar-refractivity contribution >= 4 is 0 Å². The molecule has 0 aliphatic carbocycles. The van der Waals surface area contributed by atoms with E-state index >= 15 is 0 Å². The molecule has 1 fully saturated rings. The number of ether oxygens (including phenoxy) is 3. The van der Waals surface area contributed by atoms with Crippen molar-refractivity contribution in [2.24, 2.45) is 5.73 Å². The molecule has 1 rings (SSSR count). The highest BCUT2D eigenvalue weighted by Crippen LogP contribution is 2.22. The normalized spacial score (nSPS) is 26.8. The first kappa shape index (κ1) is 12.9. The van der Waals surface area contributed by atoms with Gasteiger partial charge in [0.05, 0.1) is 6.61 Å². The molecule has 1 atom stereocenters. The number of hydrogen-bond donors (Lipinski definition) is 1. The monoisotopic (exact) mass is 217 g/mol. The number of rotatable bonds is 7. The van der Waals surface area contributed by atoms with Crippen LogP contribution in [0.4, 0.5) is 0 Å². The first-order valence-corrected chi connectivity index (χ1v) is 5.82. The van der Waals surface area contributed by atoms with E-state index in [0.717, 1.165) is 39.1 Å². The molecule has 90 valence electrons. The average molecular weight is 217 g/mol. The zero-order valence-electron chi connectivity index (χ0n) is 9.67. The second kappa shape index (κ2) is 7.17. The highest BCUT2D eigenvalue weighted by atomic mass is 16.5. The molecule has 1 aliphatic rings. The average Bonchev–Trinajstić information content (AvgIpc) is 2.30. The summed E-state index contributed by atoms with van der Waals surface area (Å²) in [5.41, 5.74) is 5.51. The van der Waals surface area contributed by atoms with Crippen LogP contribution in [0.2, 0.25) is 0 Å². The Bertz CT molecular complexity index is 158. The van der Waals surface area contributed by atoms with Gasteiger partial charge in [-0.2, -0.15) is 0 Å². The second-order valence-electron chi connectivity index (χ2n) is 3.94. The Morgan fingerprint density at radius 2 is 2.27 bits per heavy atom. The minimum absolute atomic E-state index is 0.232. The molecule has 0 aromatic rings. The molecule has 0 aromatic heterocycles. The van der Waals surface area contributed by atoms with E-state index in [0.29, 0.717) is 19.8 Å². The van der Waals surface area contributed by atoms with E-state index in [1.165, 1.54) is 0 Å². The molecule has 15 heavy (non-hydrogen) atoms. The minimum atomic E-state index is -0.232. The van der Waals surface area contributed by atoms with Gasteiger partial charge in [0.2, 0.25) is 0 Å². The lowest BCUT2D eigenvalue weighted by Crippen LogP contribution is -2.48. The second-order valence-corrected chi connectivity index (χ2v) is 3.94. The van der Waals surface area contributed by atoms with Crippen molar-refractivity contribution in [1.29, 1.82) is 0 Å². The molecule has 0 aromatic carbocycles. The lowest BCUT2D eigenvalue weighted by Gasteiger charge is -2.35. The van der Waals surface area contributed by atoms with Gasteiger partial charge >= 0.3 is 0 Å². The largest absolute Gasteiger partial charge is 0.382 e. The van der Waals surface area contributed by atoms with Gasteiger partial charge in [-0.05, 0) is 26.2 Å². The summed E-state index contributed by atoms with van der Waals surface area (Å²) in [6.45, 7) is 6.25. The summed E-state index contributed by atoms with van der Waals surface area (Å²) >= 11 is 0. The van der Waals surface area contributed by atoms with Gasteiger partial charge in [0.25, 0.3) is 0 Å². The standard InChI is InChI=1S/C11H23NO3/c1-2-13-7-4-8-15-11(9-12)5-3-6-14-10-11/h2-10,12H2,1H3. The summed E-state index contributed by atoms with van der Waals surface area (Å²) in [6, 6.07) is 0. The Balaban J connectivity index is 2.15. The van der Waals surface area contributed by atoms with Gasteiger partial charge in [-0.3, -0.25) is 0 Å². The van der Waals surface area contributed by atoms with E-state index in [4.69, 9.17) is 19.9 Å². The maximum atomic E-state index is 5.84. The van der Waals surface area contributed by atoms with Crippen molar-refractivity contribution in [3.63, 3.8) is 0 Å². The molecule has 0 spiro atoms. The SMILES string of the molecule is CCOCCCOC1(CN)CCCOC1. The molecule has 0 saturated carbocycles. The Morgan fingerprint density at radius 3 is 2.87 bits per heavy atom. The van der Waals surface area contributed by atoms with Crippen molar-refractivity contribution in [2.45, 2.75) is 31.8 Å². The fourth-order valence-electron chi connectivity index (χ4n) is 1.75. The molecule has 0 bridgehead atoms. The maximum absolute atomic E-state index is 5.84. The van der Waals surface area contributed by atoms with Crippen LogP contribution in [0.15, 0.2) is 0 Å². The molecule has 1 unspecified atom stereocenters. The van der Waals surface area contributed by atoms with Gasteiger partial charge in [0.15, 0.2) is 0 Å². The van der Waals surface area contributed by atoms with Gasteiger partial charge in [-0.15, -0.1) is 0 Å². The Kier molecular flexibility index (Phi) is 6.17. The van der Waals surface area contributed by atoms with Gasteiger partial charge in [-0.1, -0.05) is 0 Å². The van der Waals surface area contributed by atoms with Crippen LogP contribution in [0, 0.1) is 0 Å². The predicted octanol–water partition coefficient (Wildman–Crippen LogP) is 0.937. The highest BCUT2D eigenvalue weighted by Gasteiger charge is 2.32.